The maximum atomic E-state index is 6.00. The van der Waals surface area contributed by atoms with Gasteiger partial charge in [0, 0.05) is 11.5 Å². The molecule has 0 radical (unpaired) electrons. The Morgan fingerprint density at radius 1 is 1.29 bits per heavy atom. The van der Waals surface area contributed by atoms with Crippen LogP contribution in [-0.2, 0) is 5.41 Å². The topological polar surface area (TPSA) is 43.8 Å². The number of anilines is 1. The van der Waals surface area contributed by atoms with Gasteiger partial charge in [-0.3, -0.25) is 0 Å². The molecule has 3 heteroatoms. The minimum absolute atomic E-state index is 0.0483. The number of hydrogen-bond donors (Lipinski definition) is 1. The molecule has 0 aliphatic rings. The van der Waals surface area contributed by atoms with Crippen LogP contribution in [0.1, 0.15) is 52.2 Å². The molecular formula is C11H21N3. The summed E-state index contributed by atoms with van der Waals surface area (Å²) in [5.41, 5.74) is 6.98. The molecular weight excluding hydrogens is 174 g/mol. The van der Waals surface area contributed by atoms with Crippen molar-refractivity contribution in [1.29, 1.82) is 0 Å². The van der Waals surface area contributed by atoms with Crippen LogP contribution in [0.5, 0.6) is 0 Å². The van der Waals surface area contributed by atoms with Crippen molar-refractivity contribution in [2.45, 2.75) is 53.0 Å². The average molecular weight is 195 g/mol. The third-order valence-corrected chi connectivity index (χ3v) is 2.32. The second kappa shape index (κ2) is 3.30. The van der Waals surface area contributed by atoms with Crippen molar-refractivity contribution in [2.24, 2.45) is 0 Å². The Bertz CT molecular complexity index is 329. The van der Waals surface area contributed by atoms with E-state index < -0.39 is 0 Å². The number of nitrogens with zero attached hydrogens (tertiary/aromatic N) is 2. The fourth-order valence-corrected chi connectivity index (χ4v) is 1.61. The van der Waals surface area contributed by atoms with Gasteiger partial charge >= 0.3 is 0 Å². The van der Waals surface area contributed by atoms with Crippen molar-refractivity contribution in [2.75, 3.05) is 5.73 Å². The second-order valence-corrected chi connectivity index (χ2v) is 5.12. The molecule has 0 saturated carbocycles. The highest BCUT2D eigenvalue weighted by Crippen LogP contribution is 2.28. The molecule has 1 rings (SSSR count). The van der Waals surface area contributed by atoms with Crippen LogP contribution in [0.4, 0.5) is 5.82 Å². The summed E-state index contributed by atoms with van der Waals surface area (Å²) in [5, 5.41) is 0. The molecule has 0 fully saturated rings. The van der Waals surface area contributed by atoms with E-state index in [0.717, 1.165) is 17.3 Å². The van der Waals surface area contributed by atoms with E-state index in [4.69, 9.17) is 5.73 Å². The van der Waals surface area contributed by atoms with Gasteiger partial charge in [-0.05, 0) is 20.8 Å². The van der Waals surface area contributed by atoms with Crippen molar-refractivity contribution in [1.82, 2.24) is 9.55 Å². The van der Waals surface area contributed by atoms with Crippen LogP contribution in [0.15, 0.2) is 0 Å². The fourth-order valence-electron chi connectivity index (χ4n) is 1.61. The molecule has 1 heterocycles. The van der Waals surface area contributed by atoms with Crippen molar-refractivity contribution in [3.05, 3.63) is 11.5 Å². The highest BCUT2D eigenvalue weighted by molar-refractivity contribution is 5.39. The Kier molecular flexibility index (Phi) is 2.61. The number of aromatic nitrogens is 2. The van der Waals surface area contributed by atoms with Gasteiger partial charge in [0.2, 0.25) is 0 Å². The van der Waals surface area contributed by atoms with Crippen molar-refractivity contribution < 1.29 is 0 Å². The molecule has 80 valence electrons. The Labute approximate surface area is 86.3 Å². The van der Waals surface area contributed by atoms with Gasteiger partial charge in [0.1, 0.15) is 11.6 Å². The normalized spacial score (nSPS) is 12.5. The number of hydrogen-bond acceptors (Lipinski definition) is 2. The van der Waals surface area contributed by atoms with Crippen LogP contribution in [0.2, 0.25) is 0 Å². The van der Waals surface area contributed by atoms with E-state index in [-0.39, 0.29) is 5.41 Å². The lowest BCUT2D eigenvalue weighted by atomic mass is 9.95. The minimum atomic E-state index is 0.0483. The average Bonchev–Trinajstić information content (AvgIpc) is 2.27. The molecule has 0 aliphatic heterocycles. The number of imidazole rings is 1. The van der Waals surface area contributed by atoms with Crippen LogP contribution in [0.25, 0.3) is 0 Å². The highest BCUT2D eigenvalue weighted by atomic mass is 15.2. The minimum Gasteiger partial charge on any atom is -0.384 e. The predicted octanol–water partition coefficient (Wildman–Crippen LogP) is 2.65. The fraction of sp³-hybridized carbons (Fsp3) is 0.727. The summed E-state index contributed by atoms with van der Waals surface area (Å²) >= 11 is 0. The van der Waals surface area contributed by atoms with Crippen LogP contribution in [0, 0.1) is 6.92 Å². The third kappa shape index (κ3) is 1.76. The van der Waals surface area contributed by atoms with Gasteiger partial charge in [0.15, 0.2) is 0 Å². The summed E-state index contributed by atoms with van der Waals surface area (Å²) in [6, 6.07) is 0.366. The van der Waals surface area contributed by atoms with Crippen LogP contribution in [-0.4, -0.2) is 9.55 Å². The molecule has 0 aliphatic carbocycles. The van der Waals surface area contributed by atoms with E-state index in [2.05, 4.69) is 44.2 Å². The lowest BCUT2D eigenvalue weighted by Gasteiger charge is -2.22. The smallest absolute Gasteiger partial charge is 0.126 e. The van der Waals surface area contributed by atoms with E-state index in [1.807, 2.05) is 6.92 Å². The molecule has 14 heavy (non-hydrogen) atoms. The first kappa shape index (κ1) is 11.1. The van der Waals surface area contributed by atoms with Gasteiger partial charge in [0.25, 0.3) is 0 Å². The maximum absolute atomic E-state index is 6.00. The molecule has 0 unspecified atom stereocenters. The zero-order chi connectivity index (χ0) is 11.1. The van der Waals surface area contributed by atoms with E-state index >= 15 is 0 Å². The highest BCUT2D eigenvalue weighted by Gasteiger charge is 2.24. The molecule has 3 nitrogen and oxygen atoms in total. The monoisotopic (exact) mass is 195 g/mol. The maximum Gasteiger partial charge on any atom is 0.126 e. The van der Waals surface area contributed by atoms with Crippen LogP contribution >= 0.6 is 0 Å². The quantitative estimate of drug-likeness (QED) is 0.748. The molecule has 0 atom stereocenters. The third-order valence-electron chi connectivity index (χ3n) is 2.32. The van der Waals surface area contributed by atoms with Gasteiger partial charge < -0.3 is 10.3 Å². The predicted molar refractivity (Wildman–Crippen MR) is 60.5 cm³/mol. The Balaban J connectivity index is 3.37. The Morgan fingerprint density at radius 2 is 1.79 bits per heavy atom. The van der Waals surface area contributed by atoms with Crippen LogP contribution < -0.4 is 5.73 Å². The lowest BCUT2D eigenvalue weighted by molar-refractivity contribution is 0.472. The number of aryl methyl sites for hydroxylation is 1. The van der Waals surface area contributed by atoms with Gasteiger partial charge in [0.05, 0.1) is 5.69 Å². The first-order chi connectivity index (χ1) is 6.25. The van der Waals surface area contributed by atoms with E-state index in [0.29, 0.717) is 6.04 Å². The van der Waals surface area contributed by atoms with Crippen LogP contribution in [0.3, 0.4) is 0 Å². The first-order valence-electron chi connectivity index (χ1n) is 5.10. The first-order valence-corrected chi connectivity index (χ1v) is 5.10. The molecule has 2 N–H and O–H groups in total. The molecule has 0 saturated heterocycles. The van der Waals surface area contributed by atoms with Gasteiger partial charge in [-0.25, -0.2) is 4.98 Å². The number of nitrogens with two attached hydrogens (primary N) is 1. The number of nitrogen functional groups attached to an aromatic ring is 1. The zero-order valence-corrected chi connectivity index (χ0v) is 10.0. The Hall–Kier alpha value is -0.990. The molecule has 0 spiro atoms. The molecule has 0 aromatic carbocycles. The molecule has 0 bridgehead atoms. The SMILES string of the molecule is Cc1nc(C(C)(C)C)n(C(C)C)c1N. The zero-order valence-electron chi connectivity index (χ0n) is 10.0. The van der Waals surface area contributed by atoms with Gasteiger partial charge in [-0.15, -0.1) is 0 Å². The largest absolute Gasteiger partial charge is 0.384 e. The van der Waals surface area contributed by atoms with E-state index in [1.165, 1.54) is 0 Å². The standard InChI is InChI=1S/C11H21N3/c1-7(2)14-9(12)8(3)13-10(14)11(4,5)6/h7H,12H2,1-6H3. The van der Waals surface area contributed by atoms with Crippen molar-refractivity contribution in [3.63, 3.8) is 0 Å². The van der Waals surface area contributed by atoms with Gasteiger partial charge in [-0.2, -0.15) is 0 Å². The van der Waals surface area contributed by atoms with Crippen molar-refractivity contribution >= 4 is 5.82 Å². The Morgan fingerprint density at radius 3 is 2.07 bits per heavy atom. The van der Waals surface area contributed by atoms with Crippen molar-refractivity contribution in [3.8, 4) is 0 Å². The second-order valence-electron chi connectivity index (χ2n) is 5.12. The number of rotatable bonds is 1. The van der Waals surface area contributed by atoms with E-state index in [9.17, 15) is 0 Å². The van der Waals surface area contributed by atoms with Gasteiger partial charge in [-0.1, -0.05) is 20.8 Å². The van der Waals surface area contributed by atoms with E-state index in [1.54, 1.807) is 0 Å². The summed E-state index contributed by atoms with van der Waals surface area (Å²) in [7, 11) is 0. The molecule has 0 amide bonds. The summed E-state index contributed by atoms with van der Waals surface area (Å²) in [6.07, 6.45) is 0. The lowest BCUT2D eigenvalue weighted by Crippen LogP contribution is -2.21. The molecule has 1 aromatic heterocycles. The summed E-state index contributed by atoms with van der Waals surface area (Å²) in [4.78, 5) is 4.54. The summed E-state index contributed by atoms with van der Waals surface area (Å²) in [5.74, 6) is 1.87. The summed E-state index contributed by atoms with van der Waals surface area (Å²) in [6.45, 7) is 12.7. The molecule has 1 aromatic rings. The summed E-state index contributed by atoms with van der Waals surface area (Å²) < 4.78 is 2.12.